The smallest absolute Gasteiger partial charge is 0.329 e. The maximum atomic E-state index is 12.8. The molecule has 0 aromatic heterocycles. The molecule has 0 unspecified atom stereocenters. The summed E-state index contributed by atoms with van der Waals surface area (Å²) >= 11 is 0. The summed E-state index contributed by atoms with van der Waals surface area (Å²) in [6, 6.07) is 13.2. The van der Waals surface area contributed by atoms with E-state index in [2.05, 4.69) is 10.6 Å². The van der Waals surface area contributed by atoms with E-state index in [1.807, 2.05) is 19.9 Å². The van der Waals surface area contributed by atoms with Crippen molar-refractivity contribution in [2.45, 2.75) is 19.9 Å². The number of para-hydroxylation sites is 1. The Balaban J connectivity index is 1.78. The number of hydrogen-bond donors (Lipinski definition) is 2. The van der Waals surface area contributed by atoms with Crippen molar-refractivity contribution in [2.75, 3.05) is 18.5 Å². The summed E-state index contributed by atoms with van der Waals surface area (Å²) in [6.07, 6.45) is 0. The van der Waals surface area contributed by atoms with E-state index in [4.69, 9.17) is 9.47 Å². The lowest BCUT2D eigenvalue weighted by atomic mass is 10.1. The Morgan fingerprint density at radius 2 is 1.67 bits per heavy atom. The SMILES string of the molecule is CC(C)[C@H](NC(=O)Nc1ccccc1)C(=O)OCCOc1ccc(F)cc1. The highest BCUT2D eigenvalue weighted by molar-refractivity contribution is 5.92. The second-order valence-corrected chi connectivity index (χ2v) is 6.16. The third kappa shape index (κ3) is 6.97. The van der Waals surface area contributed by atoms with E-state index in [0.29, 0.717) is 11.4 Å². The lowest BCUT2D eigenvalue weighted by Gasteiger charge is -2.21. The Kier molecular flexibility index (Phi) is 7.61. The lowest BCUT2D eigenvalue weighted by molar-refractivity contribution is -0.147. The van der Waals surface area contributed by atoms with Gasteiger partial charge in [0.1, 0.15) is 30.8 Å². The van der Waals surface area contributed by atoms with Crippen LogP contribution in [0.5, 0.6) is 5.75 Å². The van der Waals surface area contributed by atoms with Gasteiger partial charge in [-0.2, -0.15) is 0 Å². The van der Waals surface area contributed by atoms with Crippen LogP contribution in [0, 0.1) is 11.7 Å². The van der Waals surface area contributed by atoms with Gasteiger partial charge in [0.2, 0.25) is 0 Å². The third-order valence-electron chi connectivity index (χ3n) is 3.65. The summed E-state index contributed by atoms with van der Waals surface area (Å²) in [5.74, 6) is -0.574. The second-order valence-electron chi connectivity index (χ2n) is 6.16. The maximum Gasteiger partial charge on any atom is 0.329 e. The molecule has 0 aliphatic carbocycles. The summed E-state index contributed by atoms with van der Waals surface area (Å²) in [4.78, 5) is 24.3. The molecule has 2 aromatic carbocycles. The monoisotopic (exact) mass is 374 g/mol. The molecule has 2 rings (SSSR count). The molecule has 2 aromatic rings. The molecule has 2 N–H and O–H groups in total. The van der Waals surface area contributed by atoms with Gasteiger partial charge in [0, 0.05) is 5.69 Å². The first-order valence-corrected chi connectivity index (χ1v) is 8.63. The largest absolute Gasteiger partial charge is 0.490 e. The fourth-order valence-corrected chi connectivity index (χ4v) is 2.25. The lowest BCUT2D eigenvalue weighted by Crippen LogP contribution is -2.47. The Labute approximate surface area is 157 Å². The third-order valence-corrected chi connectivity index (χ3v) is 3.65. The average Bonchev–Trinajstić information content (AvgIpc) is 2.65. The molecule has 2 amide bonds. The quantitative estimate of drug-likeness (QED) is 0.547. The van der Waals surface area contributed by atoms with Crippen LogP contribution in [-0.2, 0) is 9.53 Å². The summed E-state index contributed by atoms with van der Waals surface area (Å²) in [7, 11) is 0. The van der Waals surface area contributed by atoms with E-state index in [0.717, 1.165) is 0 Å². The molecule has 27 heavy (non-hydrogen) atoms. The fourth-order valence-electron chi connectivity index (χ4n) is 2.25. The van der Waals surface area contributed by atoms with E-state index in [-0.39, 0.29) is 24.9 Å². The van der Waals surface area contributed by atoms with Gasteiger partial charge in [0.05, 0.1) is 0 Å². The van der Waals surface area contributed by atoms with Crippen LogP contribution in [0.15, 0.2) is 54.6 Å². The first-order chi connectivity index (χ1) is 13.0. The number of carbonyl (C=O) groups excluding carboxylic acids is 2. The van der Waals surface area contributed by atoms with Gasteiger partial charge in [-0.3, -0.25) is 0 Å². The van der Waals surface area contributed by atoms with Crippen molar-refractivity contribution < 1.29 is 23.5 Å². The molecule has 0 saturated heterocycles. The minimum Gasteiger partial charge on any atom is -0.490 e. The van der Waals surface area contributed by atoms with Crippen LogP contribution in [0.25, 0.3) is 0 Å². The Hall–Kier alpha value is -3.09. The van der Waals surface area contributed by atoms with Gasteiger partial charge in [-0.1, -0.05) is 32.0 Å². The number of halogens is 1. The highest BCUT2D eigenvalue weighted by atomic mass is 19.1. The number of amides is 2. The minimum absolute atomic E-state index is 0.0153. The molecule has 1 atom stereocenters. The van der Waals surface area contributed by atoms with Gasteiger partial charge >= 0.3 is 12.0 Å². The number of anilines is 1. The highest BCUT2D eigenvalue weighted by Gasteiger charge is 2.25. The molecule has 0 fully saturated rings. The predicted molar refractivity (Wildman–Crippen MR) is 100 cm³/mol. The van der Waals surface area contributed by atoms with Gasteiger partial charge < -0.3 is 20.1 Å². The second kappa shape index (κ2) is 10.2. The zero-order chi connectivity index (χ0) is 19.6. The molecule has 6 nitrogen and oxygen atoms in total. The first kappa shape index (κ1) is 20.2. The number of hydrogen-bond acceptors (Lipinski definition) is 4. The number of nitrogens with one attached hydrogen (secondary N) is 2. The number of urea groups is 1. The maximum absolute atomic E-state index is 12.8. The molecular weight excluding hydrogens is 351 g/mol. The van der Waals surface area contributed by atoms with Crippen molar-refractivity contribution in [1.29, 1.82) is 0 Å². The van der Waals surface area contributed by atoms with Crippen LogP contribution in [0.2, 0.25) is 0 Å². The van der Waals surface area contributed by atoms with Gasteiger partial charge in [-0.15, -0.1) is 0 Å². The highest BCUT2D eigenvalue weighted by Crippen LogP contribution is 2.11. The van der Waals surface area contributed by atoms with Crippen LogP contribution in [-0.4, -0.2) is 31.3 Å². The summed E-state index contributed by atoms with van der Waals surface area (Å²) in [5.41, 5.74) is 0.624. The van der Waals surface area contributed by atoms with Crippen LogP contribution in [0.1, 0.15) is 13.8 Å². The van der Waals surface area contributed by atoms with E-state index < -0.39 is 18.0 Å². The van der Waals surface area contributed by atoms with Crippen LogP contribution in [0.4, 0.5) is 14.9 Å². The van der Waals surface area contributed by atoms with Crippen LogP contribution in [0.3, 0.4) is 0 Å². The topological polar surface area (TPSA) is 76.7 Å². The van der Waals surface area contributed by atoms with Crippen molar-refractivity contribution in [3.8, 4) is 5.75 Å². The zero-order valence-corrected chi connectivity index (χ0v) is 15.3. The first-order valence-electron chi connectivity index (χ1n) is 8.63. The number of esters is 1. The molecule has 0 saturated carbocycles. The van der Waals surface area contributed by atoms with Crippen molar-refractivity contribution in [3.05, 3.63) is 60.4 Å². The number of rotatable bonds is 8. The standard InChI is InChI=1S/C20H23FN2O4/c1-14(2)18(23-20(25)22-16-6-4-3-5-7-16)19(24)27-13-12-26-17-10-8-15(21)9-11-17/h3-11,14,18H,12-13H2,1-2H3,(H2,22,23,25)/t18-/m0/s1. The van der Waals surface area contributed by atoms with Crippen molar-refractivity contribution in [1.82, 2.24) is 5.32 Å². The van der Waals surface area contributed by atoms with Crippen LogP contribution < -0.4 is 15.4 Å². The van der Waals surface area contributed by atoms with E-state index in [9.17, 15) is 14.0 Å². The fraction of sp³-hybridized carbons (Fsp3) is 0.300. The molecule has 0 aliphatic rings. The number of benzene rings is 2. The molecule has 0 spiro atoms. The van der Waals surface area contributed by atoms with E-state index in [1.54, 1.807) is 24.3 Å². The van der Waals surface area contributed by atoms with Crippen molar-refractivity contribution in [3.63, 3.8) is 0 Å². The Morgan fingerprint density at radius 3 is 2.30 bits per heavy atom. The minimum atomic E-state index is -0.792. The summed E-state index contributed by atoms with van der Waals surface area (Å²) < 4.78 is 23.4. The van der Waals surface area contributed by atoms with Crippen molar-refractivity contribution >= 4 is 17.7 Å². The normalized spacial score (nSPS) is 11.6. The average molecular weight is 374 g/mol. The number of ether oxygens (including phenoxy) is 2. The molecule has 0 heterocycles. The van der Waals surface area contributed by atoms with Gasteiger partial charge in [-0.25, -0.2) is 14.0 Å². The van der Waals surface area contributed by atoms with Gasteiger partial charge in [0.25, 0.3) is 0 Å². The van der Waals surface area contributed by atoms with E-state index in [1.165, 1.54) is 24.3 Å². The Morgan fingerprint density at radius 1 is 1.00 bits per heavy atom. The van der Waals surface area contributed by atoms with Crippen molar-refractivity contribution in [2.24, 2.45) is 5.92 Å². The van der Waals surface area contributed by atoms with Gasteiger partial charge in [0.15, 0.2) is 0 Å². The molecule has 7 heteroatoms. The summed E-state index contributed by atoms with van der Waals surface area (Å²) in [6.45, 7) is 3.76. The summed E-state index contributed by atoms with van der Waals surface area (Å²) in [5, 5.41) is 5.28. The van der Waals surface area contributed by atoms with Crippen LogP contribution >= 0.6 is 0 Å². The predicted octanol–water partition coefficient (Wildman–Crippen LogP) is 3.59. The molecule has 144 valence electrons. The molecule has 0 radical (unpaired) electrons. The molecule has 0 aliphatic heterocycles. The molecule has 0 bridgehead atoms. The zero-order valence-electron chi connectivity index (χ0n) is 15.3. The molecular formula is C20H23FN2O4. The van der Waals surface area contributed by atoms with E-state index >= 15 is 0 Å². The Bertz CT molecular complexity index is 735. The number of carbonyl (C=O) groups is 2. The van der Waals surface area contributed by atoms with Gasteiger partial charge in [-0.05, 0) is 42.3 Å².